The molecule has 2 N–H and O–H groups in total. The molecule has 1 aromatic heterocycles. The smallest absolute Gasteiger partial charge is 0.0702 e. The van der Waals surface area contributed by atoms with Crippen LogP contribution in [0, 0.1) is 0 Å². The van der Waals surface area contributed by atoms with E-state index in [2.05, 4.69) is 29.2 Å². The average molecular weight is 240 g/mol. The van der Waals surface area contributed by atoms with E-state index in [4.69, 9.17) is 5.73 Å². The summed E-state index contributed by atoms with van der Waals surface area (Å²) in [5.41, 5.74) is 8.85. The highest BCUT2D eigenvalue weighted by atomic mass is 14.7. The van der Waals surface area contributed by atoms with Crippen LogP contribution < -0.4 is 5.73 Å². The van der Waals surface area contributed by atoms with Crippen LogP contribution in [0.2, 0.25) is 0 Å². The van der Waals surface area contributed by atoms with Gasteiger partial charge in [-0.2, -0.15) is 0 Å². The summed E-state index contributed by atoms with van der Waals surface area (Å²) >= 11 is 0. The average Bonchev–Trinajstić information content (AvgIpc) is 2.39. The molecule has 18 heavy (non-hydrogen) atoms. The first-order valence-electron chi connectivity index (χ1n) is 6.88. The SMILES string of the molecule is NC1(Cc2cnc3ccccc3c2)CCCCC1. The molecule has 0 spiro atoms. The molecule has 2 heteroatoms. The topological polar surface area (TPSA) is 38.9 Å². The molecule has 0 atom stereocenters. The zero-order valence-corrected chi connectivity index (χ0v) is 10.7. The van der Waals surface area contributed by atoms with Crippen LogP contribution in [0.3, 0.4) is 0 Å². The lowest BCUT2D eigenvalue weighted by Gasteiger charge is -2.33. The van der Waals surface area contributed by atoms with Gasteiger partial charge in [0.1, 0.15) is 0 Å². The normalized spacial score (nSPS) is 18.9. The minimum absolute atomic E-state index is 0.00237. The van der Waals surface area contributed by atoms with E-state index in [-0.39, 0.29) is 5.54 Å². The summed E-state index contributed by atoms with van der Waals surface area (Å²) < 4.78 is 0. The lowest BCUT2D eigenvalue weighted by molar-refractivity contribution is 0.294. The number of hydrogen-bond acceptors (Lipinski definition) is 2. The van der Waals surface area contributed by atoms with E-state index in [0.717, 1.165) is 24.8 Å². The third-order valence-corrected chi connectivity index (χ3v) is 4.05. The highest BCUT2D eigenvalue weighted by molar-refractivity contribution is 5.78. The van der Waals surface area contributed by atoms with Gasteiger partial charge in [-0.1, -0.05) is 37.5 Å². The van der Waals surface area contributed by atoms with Crippen LogP contribution in [-0.2, 0) is 6.42 Å². The van der Waals surface area contributed by atoms with Gasteiger partial charge in [0.05, 0.1) is 5.52 Å². The van der Waals surface area contributed by atoms with Crippen LogP contribution in [0.1, 0.15) is 37.7 Å². The second kappa shape index (κ2) is 4.69. The molecule has 1 fully saturated rings. The molecule has 0 saturated heterocycles. The maximum atomic E-state index is 6.51. The van der Waals surface area contributed by atoms with E-state index in [9.17, 15) is 0 Å². The van der Waals surface area contributed by atoms with E-state index in [1.165, 1.54) is 30.2 Å². The quantitative estimate of drug-likeness (QED) is 0.873. The summed E-state index contributed by atoms with van der Waals surface area (Å²) in [5.74, 6) is 0. The summed E-state index contributed by atoms with van der Waals surface area (Å²) in [6.45, 7) is 0. The van der Waals surface area contributed by atoms with Crippen LogP contribution in [0.15, 0.2) is 36.5 Å². The van der Waals surface area contributed by atoms with Crippen LogP contribution in [-0.4, -0.2) is 10.5 Å². The van der Waals surface area contributed by atoms with Crippen molar-refractivity contribution in [3.63, 3.8) is 0 Å². The molecule has 0 bridgehead atoms. The van der Waals surface area contributed by atoms with E-state index in [0.29, 0.717) is 0 Å². The van der Waals surface area contributed by atoms with Gasteiger partial charge in [0, 0.05) is 17.1 Å². The Morgan fingerprint density at radius 1 is 1.11 bits per heavy atom. The van der Waals surface area contributed by atoms with Gasteiger partial charge < -0.3 is 5.73 Å². The van der Waals surface area contributed by atoms with Crippen LogP contribution in [0.4, 0.5) is 0 Å². The molecule has 2 aromatic rings. The maximum absolute atomic E-state index is 6.51. The second-order valence-corrected chi connectivity index (χ2v) is 5.64. The summed E-state index contributed by atoms with van der Waals surface area (Å²) in [7, 11) is 0. The molecule has 1 saturated carbocycles. The molecule has 1 heterocycles. The Hall–Kier alpha value is -1.41. The van der Waals surface area contributed by atoms with Crippen molar-refractivity contribution in [3.05, 3.63) is 42.1 Å². The molecule has 1 aromatic carbocycles. The number of pyridine rings is 1. The molecule has 1 aliphatic rings. The molecule has 0 aliphatic heterocycles. The first-order chi connectivity index (χ1) is 8.75. The van der Waals surface area contributed by atoms with Gasteiger partial charge in [-0.05, 0) is 37.0 Å². The second-order valence-electron chi connectivity index (χ2n) is 5.64. The monoisotopic (exact) mass is 240 g/mol. The fraction of sp³-hybridized carbons (Fsp3) is 0.438. The van der Waals surface area contributed by atoms with Crippen LogP contribution >= 0.6 is 0 Å². The summed E-state index contributed by atoms with van der Waals surface area (Å²) in [5, 5.41) is 1.22. The molecule has 2 nitrogen and oxygen atoms in total. The Labute approximate surface area is 108 Å². The van der Waals surface area contributed by atoms with E-state index in [1.54, 1.807) is 0 Å². The molecular weight excluding hydrogens is 220 g/mol. The third-order valence-electron chi connectivity index (χ3n) is 4.05. The van der Waals surface area contributed by atoms with Crippen molar-refractivity contribution >= 4 is 10.9 Å². The number of aromatic nitrogens is 1. The predicted octanol–water partition coefficient (Wildman–Crippen LogP) is 3.44. The summed E-state index contributed by atoms with van der Waals surface area (Å²) in [6, 6.07) is 10.5. The maximum Gasteiger partial charge on any atom is 0.0702 e. The van der Waals surface area contributed by atoms with Crippen molar-refractivity contribution in [3.8, 4) is 0 Å². The lowest BCUT2D eigenvalue weighted by atomic mass is 9.78. The summed E-state index contributed by atoms with van der Waals surface area (Å²) in [6.07, 6.45) is 9.15. The van der Waals surface area contributed by atoms with E-state index >= 15 is 0 Å². The Bertz CT molecular complexity index is 542. The Kier molecular flexibility index (Phi) is 3.04. The zero-order valence-electron chi connectivity index (χ0n) is 10.7. The number of hydrogen-bond donors (Lipinski definition) is 1. The minimum atomic E-state index is 0.00237. The van der Waals surface area contributed by atoms with Crippen molar-refractivity contribution in [2.75, 3.05) is 0 Å². The fourth-order valence-corrected chi connectivity index (χ4v) is 3.05. The molecule has 0 radical (unpaired) electrons. The summed E-state index contributed by atoms with van der Waals surface area (Å²) in [4.78, 5) is 4.52. The molecule has 1 aliphatic carbocycles. The van der Waals surface area contributed by atoms with Crippen molar-refractivity contribution in [1.82, 2.24) is 4.98 Å². The zero-order chi connectivity index (χ0) is 12.4. The van der Waals surface area contributed by atoms with Crippen molar-refractivity contribution < 1.29 is 0 Å². The largest absolute Gasteiger partial charge is 0.325 e. The Morgan fingerprint density at radius 2 is 1.89 bits per heavy atom. The first kappa shape index (κ1) is 11.7. The highest BCUT2D eigenvalue weighted by Crippen LogP contribution is 2.29. The number of benzene rings is 1. The highest BCUT2D eigenvalue weighted by Gasteiger charge is 2.27. The molecular formula is C16H20N2. The van der Waals surface area contributed by atoms with Gasteiger partial charge >= 0.3 is 0 Å². The van der Waals surface area contributed by atoms with Gasteiger partial charge in [0.2, 0.25) is 0 Å². The number of para-hydroxylation sites is 1. The van der Waals surface area contributed by atoms with Crippen molar-refractivity contribution in [1.29, 1.82) is 0 Å². The Morgan fingerprint density at radius 3 is 2.72 bits per heavy atom. The molecule has 0 unspecified atom stereocenters. The van der Waals surface area contributed by atoms with Gasteiger partial charge in [0.15, 0.2) is 0 Å². The Balaban J connectivity index is 1.85. The van der Waals surface area contributed by atoms with Gasteiger partial charge in [-0.3, -0.25) is 4.98 Å². The van der Waals surface area contributed by atoms with Gasteiger partial charge in [-0.25, -0.2) is 0 Å². The van der Waals surface area contributed by atoms with Gasteiger partial charge in [0.25, 0.3) is 0 Å². The van der Waals surface area contributed by atoms with Crippen LogP contribution in [0.5, 0.6) is 0 Å². The molecule has 0 amide bonds. The predicted molar refractivity (Wildman–Crippen MR) is 75.5 cm³/mol. The molecule has 94 valence electrons. The van der Waals surface area contributed by atoms with Crippen LogP contribution in [0.25, 0.3) is 10.9 Å². The van der Waals surface area contributed by atoms with E-state index in [1.807, 2.05) is 12.3 Å². The third kappa shape index (κ3) is 2.39. The fourth-order valence-electron chi connectivity index (χ4n) is 3.05. The first-order valence-corrected chi connectivity index (χ1v) is 6.88. The minimum Gasteiger partial charge on any atom is -0.325 e. The number of rotatable bonds is 2. The number of fused-ring (bicyclic) bond motifs is 1. The van der Waals surface area contributed by atoms with Gasteiger partial charge in [-0.15, -0.1) is 0 Å². The van der Waals surface area contributed by atoms with Crippen molar-refractivity contribution in [2.45, 2.75) is 44.1 Å². The standard InChI is InChI=1S/C16H20N2/c17-16(8-4-1-5-9-16)11-13-10-14-6-2-3-7-15(14)18-12-13/h2-3,6-7,10,12H,1,4-5,8-9,11,17H2. The molecule has 3 rings (SSSR count). The van der Waals surface area contributed by atoms with Crippen molar-refractivity contribution in [2.24, 2.45) is 5.73 Å². The number of nitrogens with two attached hydrogens (primary N) is 1. The lowest BCUT2D eigenvalue weighted by Crippen LogP contribution is -2.43. The van der Waals surface area contributed by atoms with E-state index < -0.39 is 0 Å². The number of nitrogens with zero attached hydrogens (tertiary/aromatic N) is 1.